The van der Waals surface area contributed by atoms with Crippen molar-refractivity contribution in [1.29, 1.82) is 5.26 Å². The van der Waals surface area contributed by atoms with E-state index in [0.29, 0.717) is 28.5 Å². The minimum absolute atomic E-state index is 0.0526. The maximum atomic E-state index is 9.18. The lowest BCUT2D eigenvalue weighted by Crippen LogP contribution is -2.07. The number of nitriles is 1. The summed E-state index contributed by atoms with van der Waals surface area (Å²) in [5, 5.41) is 12.2. The molecule has 1 aromatic heterocycles. The van der Waals surface area contributed by atoms with E-state index in [1.807, 2.05) is 25.1 Å². The van der Waals surface area contributed by atoms with E-state index in [9.17, 15) is 5.26 Å². The van der Waals surface area contributed by atoms with E-state index in [0.717, 1.165) is 5.56 Å². The molecule has 0 bridgehead atoms. The molecule has 0 saturated carbocycles. The summed E-state index contributed by atoms with van der Waals surface area (Å²) in [6.07, 6.45) is 3.04. The molecule has 4 rings (SSSR count). The van der Waals surface area contributed by atoms with Crippen molar-refractivity contribution in [1.82, 2.24) is 9.97 Å². The van der Waals surface area contributed by atoms with E-state index >= 15 is 0 Å². The number of rotatable bonds is 5. The predicted octanol–water partition coefficient (Wildman–Crippen LogP) is 4.53. The zero-order valence-electron chi connectivity index (χ0n) is 15.7. The van der Waals surface area contributed by atoms with Crippen molar-refractivity contribution in [3.63, 3.8) is 0 Å². The molecule has 0 saturated heterocycles. The number of benzene rings is 2. The number of ether oxygens (including phenoxy) is 4. The first-order valence-corrected chi connectivity index (χ1v) is 8.67. The Balaban J connectivity index is 1.74. The summed E-state index contributed by atoms with van der Waals surface area (Å²) in [5.74, 6) is 1.76. The fraction of sp³-hybridized carbons (Fsp3) is 0.0952. The third-order valence-electron chi connectivity index (χ3n) is 4.00. The first kappa shape index (κ1) is 18.1. The normalized spacial score (nSPS) is 11.5. The summed E-state index contributed by atoms with van der Waals surface area (Å²) in [4.78, 5) is 8.65. The Hall–Kier alpha value is -4.25. The second-order valence-electron chi connectivity index (χ2n) is 6.05. The maximum absolute atomic E-state index is 9.18. The number of aromatic nitrogens is 2. The van der Waals surface area contributed by atoms with Gasteiger partial charge in [-0.05, 0) is 36.8 Å². The SMILES string of the molecule is COc1ccc(C#N)cc1Oc1nc(Oc2cccc(C)c2)nc2c1NC=CO2. The van der Waals surface area contributed by atoms with Gasteiger partial charge in [-0.15, -0.1) is 0 Å². The summed E-state index contributed by atoms with van der Waals surface area (Å²) in [6.45, 7) is 1.96. The number of nitrogens with zero attached hydrogens (tertiary/aromatic N) is 3. The molecule has 0 amide bonds. The van der Waals surface area contributed by atoms with Crippen LogP contribution in [-0.2, 0) is 0 Å². The molecule has 0 radical (unpaired) electrons. The van der Waals surface area contributed by atoms with Gasteiger partial charge in [-0.25, -0.2) is 0 Å². The number of fused-ring (bicyclic) bond motifs is 1. The van der Waals surface area contributed by atoms with Crippen LogP contribution in [-0.4, -0.2) is 17.1 Å². The fourth-order valence-corrected chi connectivity index (χ4v) is 2.66. The van der Waals surface area contributed by atoms with E-state index in [-0.39, 0.29) is 17.8 Å². The Kier molecular flexibility index (Phi) is 4.86. The standard InChI is InChI=1S/C21H16N4O4/c1-13-4-3-5-15(10-13)28-21-24-19-18(23-8-9-27-19)20(25-21)29-17-11-14(12-22)6-7-16(17)26-2/h3-11,23H,1-2H3. The van der Waals surface area contributed by atoms with Crippen LogP contribution in [0.25, 0.3) is 0 Å². The molecule has 8 nitrogen and oxygen atoms in total. The Morgan fingerprint density at radius 2 is 1.97 bits per heavy atom. The van der Waals surface area contributed by atoms with Gasteiger partial charge in [0.2, 0.25) is 0 Å². The molecule has 0 fully saturated rings. The topological polar surface area (TPSA) is 98.5 Å². The van der Waals surface area contributed by atoms with Crippen molar-refractivity contribution in [3.05, 3.63) is 66.1 Å². The molecule has 0 atom stereocenters. The lowest BCUT2D eigenvalue weighted by atomic mass is 10.2. The average molecular weight is 388 g/mol. The molecule has 1 N–H and O–H groups in total. The molecule has 1 aliphatic heterocycles. The summed E-state index contributed by atoms with van der Waals surface area (Å²) in [6, 6.07) is 14.5. The third kappa shape index (κ3) is 3.89. The fourth-order valence-electron chi connectivity index (χ4n) is 2.66. The minimum Gasteiger partial charge on any atom is -0.493 e. The Morgan fingerprint density at radius 3 is 2.76 bits per heavy atom. The maximum Gasteiger partial charge on any atom is 0.328 e. The van der Waals surface area contributed by atoms with Crippen molar-refractivity contribution in [2.24, 2.45) is 0 Å². The van der Waals surface area contributed by atoms with Gasteiger partial charge in [0, 0.05) is 12.3 Å². The lowest BCUT2D eigenvalue weighted by Gasteiger charge is -2.18. The predicted molar refractivity (Wildman–Crippen MR) is 104 cm³/mol. The van der Waals surface area contributed by atoms with Gasteiger partial charge in [-0.3, -0.25) is 0 Å². The van der Waals surface area contributed by atoms with E-state index < -0.39 is 0 Å². The highest BCUT2D eigenvalue weighted by Crippen LogP contribution is 2.41. The van der Waals surface area contributed by atoms with Crippen LogP contribution in [0.5, 0.6) is 35.0 Å². The van der Waals surface area contributed by atoms with Crippen molar-refractivity contribution in [2.45, 2.75) is 6.92 Å². The summed E-state index contributed by atoms with van der Waals surface area (Å²) in [7, 11) is 1.51. The summed E-state index contributed by atoms with van der Waals surface area (Å²) >= 11 is 0. The van der Waals surface area contributed by atoms with Crippen molar-refractivity contribution >= 4 is 5.69 Å². The van der Waals surface area contributed by atoms with Gasteiger partial charge < -0.3 is 24.3 Å². The molecule has 1 aliphatic rings. The molecule has 0 unspecified atom stereocenters. The highest BCUT2D eigenvalue weighted by molar-refractivity contribution is 5.65. The van der Waals surface area contributed by atoms with E-state index in [1.54, 1.807) is 30.5 Å². The molecule has 0 spiro atoms. The van der Waals surface area contributed by atoms with Crippen LogP contribution in [0.3, 0.4) is 0 Å². The summed E-state index contributed by atoms with van der Waals surface area (Å²) in [5.41, 5.74) is 1.88. The van der Waals surface area contributed by atoms with Gasteiger partial charge in [0.15, 0.2) is 17.2 Å². The van der Waals surface area contributed by atoms with Crippen LogP contribution in [0, 0.1) is 18.3 Å². The second-order valence-corrected chi connectivity index (χ2v) is 6.05. The van der Waals surface area contributed by atoms with Crippen molar-refractivity contribution < 1.29 is 18.9 Å². The molecular formula is C21H16N4O4. The lowest BCUT2D eigenvalue weighted by molar-refractivity contribution is 0.361. The van der Waals surface area contributed by atoms with Gasteiger partial charge in [-0.1, -0.05) is 12.1 Å². The highest BCUT2D eigenvalue weighted by Gasteiger charge is 2.21. The molecule has 0 aliphatic carbocycles. The van der Waals surface area contributed by atoms with E-state index in [2.05, 4.69) is 21.4 Å². The van der Waals surface area contributed by atoms with Crippen LogP contribution in [0.1, 0.15) is 11.1 Å². The van der Waals surface area contributed by atoms with Crippen LogP contribution < -0.4 is 24.3 Å². The number of aryl methyl sites for hydroxylation is 1. The number of nitrogens with one attached hydrogen (secondary N) is 1. The minimum atomic E-state index is 0.0526. The molecule has 8 heteroatoms. The van der Waals surface area contributed by atoms with Gasteiger partial charge in [0.1, 0.15) is 12.0 Å². The number of methoxy groups -OCH3 is 1. The van der Waals surface area contributed by atoms with Gasteiger partial charge in [0.25, 0.3) is 11.8 Å². The Bertz CT molecular complexity index is 1140. The molecule has 144 valence electrons. The quantitative estimate of drug-likeness (QED) is 0.681. The molecule has 3 aromatic rings. The van der Waals surface area contributed by atoms with Gasteiger partial charge in [0.05, 0.1) is 18.7 Å². The largest absolute Gasteiger partial charge is 0.493 e. The van der Waals surface area contributed by atoms with Crippen molar-refractivity contribution in [3.8, 4) is 41.1 Å². The van der Waals surface area contributed by atoms with Crippen molar-refractivity contribution in [2.75, 3.05) is 12.4 Å². The number of hydrogen-bond acceptors (Lipinski definition) is 8. The number of anilines is 1. The zero-order valence-corrected chi connectivity index (χ0v) is 15.7. The molecule has 2 heterocycles. The third-order valence-corrected chi connectivity index (χ3v) is 4.00. The Morgan fingerprint density at radius 1 is 1.07 bits per heavy atom. The monoisotopic (exact) mass is 388 g/mol. The first-order chi connectivity index (χ1) is 14.2. The van der Waals surface area contributed by atoms with Gasteiger partial charge in [-0.2, -0.15) is 15.2 Å². The van der Waals surface area contributed by atoms with Crippen LogP contribution >= 0.6 is 0 Å². The van der Waals surface area contributed by atoms with E-state index in [1.165, 1.54) is 13.4 Å². The number of hydrogen-bond donors (Lipinski definition) is 1. The van der Waals surface area contributed by atoms with Crippen LogP contribution in [0.2, 0.25) is 0 Å². The molecule has 29 heavy (non-hydrogen) atoms. The Labute approximate surface area is 167 Å². The van der Waals surface area contributed by atoms with E-state index in [4.69, 9.17) is 18.9 Å². The summed E-state index contributed by atoms with van der Waals surface area (Å²) < 4.78 is 22.5. The molecular weight excluding hydrogens is 372 g/mol. The smallest absolute Gasteiger partial charge is 0.328 e. The van der Waals surface area contributed by atoms with Gasteiger partial charge >= 0.3 is 6.01 Å². The highest BCUT2D eigenvalue weighted by atomic mass is 16.5. The average Bonchev–Trinajstić information content (AvgIpc) is 2.73. The zero-order chi connectivity index (χ0) is 20.2. The van der Waals surface area contributed by atoms with Crippen LogP contribution in [0.15, 0.2) is 54.9 Å². The van der Waals surface area contributed by atoms with Crippen LogP contribution in [0.4, 0.5) is 5.69 Å². The molecule has 2 aromatic carbocycles. The first-order valence-electron chi connectivity index (χ1n) is 8.67. The second kappa shape index (κ2) is 7.78.